The number of amides is 2. The van der Waals surface area contributed by atoms with Gasteiger partial charge < -0.3 is 15.2 Å². The Morgan fingerprint density at radius 3 is 2.64 bits per heavy atom. The third-order valence-corrected chi connectivity index (χ3v) is 4.84. The highest BCUT2D eigenvalue weighted by atomic mass is 16.2. The summed E-state index contributed by atoms with van der Waals surface area (Å²) < 4.78 is 1.89. The number of carbonyl (C=O) groups is 1. The van der Waals surface area contributed by atoms with E-state index in [4.69, 9.17) is 0 Å². The summed E-state index contributed by atoms with van der Waals surface area (Å²) in [6.07, 6.45) is 8.46. The topological polar surface area (TPSA) is 76.0 Å². The van der Waals surface area contributed by atoms with Gasteiger partial charge in [-0.15, -0.1) is 0 Å². The van der Waals surface area contributed by atoms with Gasteiger partial charge in [-0.2, -0.15) is 0 Å². The number of nitrogens with zero attached hydrogens (tertiary/aromatic N) is 2. The van der Waals surface area contributed by atoms with Crippen LogP contribution in [0.15, 0.2) is 23.1 Å². The van der Waals surface area contributed by atoms with Crippen LogP contribution in [-0.4, -0.2) is 21.6 Å². The summed E-state index contributed by atoms with van der Waals surface area (Å²) in [5.74, 6) is 0. The molecule has 0 saturated heterocycles. The van der Waals surface area contributed by atoms with Crippen LogP contribution in [0.25, 0.3) is 11.0 Å². The number of nitrogens with one attached hydrogen (secondary N) is 2. The fourth-order valence-electron chi connectivity index (χ4n) is 3.46. The highest BCUT2D eigenvalue weighted by Crippen LogP contribution is 2.17. The first kappa shape index (κ1) is 17.5. The molecule has 0 spiro atoms. The smallest absolute Gasteiger partial charge is 0.319 e. The molecule has 1 aliphatic rings. The Kier molecular flexibility index (Phi) is 5.36. The van der Waals surface area contributed by atoms with Gasteiger partial charge in [-0.05, 0) is 38.8 Å². The number of carbonyl (C=O) groups excluding carboxylic acids is 1. The maximum atomic E-state index is 12.7. The van der Waals surface area contributed by atoms with E-state index >= 15 is 0 Å². The minimum Gasteiger partial charge on any atom is -0.335 e. The molecule has 3 rings (SSSR count). The zero-order valence-corrected chi connectivity index (χ0v) is 15.0. The second kappa shape index (κ2) is 7.68. The van der Waals surface area contributed by atoms with E-state index in [1.54, 1.807) is 12.3 Å². The van der Waals surface area contributed by atoms with E-state index in [1.165, 1.54) is 12.8 Å². The number of hydrogen-bond acceptors (Lipinski definition) is 3. The molecule has 0 aliphatic heterocycles. The maximum absolute atomic E-state index is 12.7. The van der Waals surface area contributed by atoms with E-state index in [9.17, 15) is 9.59 Å². The van der Waals surface area contributed by atoms with Crippen LogP contribution in [0.3, 0.4) is 0 Å². The highest BCUT2D eigenvalue weighted by molar-refractivity contribution is 5.91. The van der Waals surface area contributed by atoms with Gasteiger partial charge in [-0.1, -0.05) is 25.7 Å². The Hall–Kier alpha value is -2.37. The fourth-order valence-corrected chi connectivity index (χ4v) is 3.46. The third-order valence-electron chi connectivity index (χ3n) is 4.84. The first-order valence-electron chi connectivity index (χ1n) is 9.17. The van der Waals surface area contributed by atoms with Gasteiger partial charge in [0.2, 0.25) is 5.43 Å². The molecule has 2 aromatic heterocycles. The van der Waals surface area contributed by atoms with Crippen molar-refractivity contribution < 1.29 is 4.79 Å². The summed E-state index contributed by atoms with van der Waals surface area (Å²) in [4.78, 5) is 29.5. The average Bonchev–Trinajstić information content (AvgIpc) is 2.86. The Balaban J connectivity index is 1.83. The Labute approximate surface area is 147 Å². The maximum Gasteiger partial charge on any atom is 0.319 e. The lowest BCUT2D eigenvalue weighted by Gasteiger charge is -2.17. The van der Waals surface area contributed by atoms with Gasteiger partial charge in [0.1, 0.15) is 11.3 Å². The fraction of sp³-hybridized carbons (Fsp3) is 0.526. The van der Waals surface area contributed by atoms with Crippen LogP contribution in [0.1, 0.15) is 51.1 Å². The van der Waals surface area contributed by atoms with E-state index in [0.717, 1.165) is 31.4 Å². The van der Waals surface area contributed by atoms with E-state index in [-0.39, 0.29) is 17.5 Å². The molecule has 0 radical (unpaired) electrons. The van der Waals surface area contributed by atoms with Gasteiger partial charge >= 0.3 is 6.03 Å². The van der Waals surface area contributed by atoms with Crippen LogP contribution >= 0.6 is 0 Å². The van der Waals surface area contributed by atoms with Crippen LogP contribution in [0, 0.1) is 6.92 Å². The van der Waals surface area contributed by atoms with Gasteiger partial charge in [-0.25, -0.2) is 9.78 Å². The second-order valence-corrected chi connectivity index (χ2v) is 6.77. The number of hydrogen-bond donors (Lipinski definition) is 2. The molecule has 0 aromatic carbocycles. The molecular weight excluding hydrogens is 316 g/mol. The largest absolute Gasteiger partial charge is 0.335 e. The predicted octanol–water partition coefficient (Wildman–Crippen LogP) is 3.57. The van der Waals surface area contributed by atoms with Gasteiger partial charge in [0.25, 0.3) is 0 Å². The average molecular weight is 342 g/mol. The highest BCUT2D eigenvalue weighted by Gasteiger charge is 2.16. The van der Waals surface area contributed by atoms with Crippen molar-refractivity contribution in [2.24, 2.45) is 0 Å². The van der Waals surface area contributed by atoms with Gasteiger partial charge in [0.05, 0.1) is 5.39 Å². The van der Waals surface area contributed by atoms with Crippen LogP contribution < -0.4 is 16.1 Å². The molecule has 6 heteroatoms. The van der Waals surface area contributed by atoms with Crippen LogP contribution in [0.5, 0.6) is 0 Å². The number of urea groups is 1. The zero-order valence-electron chi connectivity index (χ0n) is 15.0. The molecule has 0 unspecified atom stereocenters. The van der Waals surface area contributed by atoms with Crippen LogP contribution in [0.4, 0.5) is 10.5 Å². The molecule has 2 aromatic rings. The molecule has 2 heterocycles. The van der Waals surface area contributed by atoms with Crippen molar-refractivity contribution in [2.75, 3.05) is 5.32 Å². The summed E-state index contributed by atoms with van der Waals surface area (Å²) in [7, 11) is 0. The zero-order chi connectivity index (χ0) is 17.8. The molecule has 1 fully saturated rings. The standard InChI is InChI=1S/C19H26N4O2/c1-3-23-12-16(17(24)15-11-10-13(2)20-18(15)23)22-19(25)21-14-8-6-4-5-7-9-14/h10-12,14H,3-9H2,1-2H3,(H2,21,22,25). The SMILES string of the molecule is CCn1cc(NC(=O)NC2CCCCCC2)c(=O)c2ccc(C)nc21. The van der Waals surface area contributed by atoms with Gasteiger partial charge in [0, 0.05) is 24.5 Å². The molecule has 0 atom stereocenters. The van der Waals surface area contributed by atoms with Crippen molar-refractivity contribution in [3.8, 4) is 0 Å². The molecule has 134 valence electrons. The van der Waals surface area contributed by atoms with Crippen molar-refractivity contribution in [3.63, 3.8) is 0 Å². The number of aryl methyl sites for hydroxylation is 2. The molecule has 0 bridgehead atoms. The van der Waals surface area contributed by atoms with E-state index in [2.05, 4.69) is 15.6 Å². The summed E-state index contributed by atoms with van der Waals surface area (Å²) >= 11 is 0. The lowest BCUT2D eigenvalue weighted by molar-refractivity contribution is 0.247. The lowest BCUT2D eigenvalue weighted by Crippen LogP contribution is -2.38. The predicted molar refractivity (Wildman–Crippen MR) is 100 cm³/mol. The van der Waals surface area contributed by atoms with Crippen molar-refractivity contribution in [1.82, 2.24) is 14.9 Å². The summed E-state index contributed by atoms with van der Waals surface area (Å²) in [5.41, 5.74) is 1.62. The molecule has 2 N–H and O–H groups in total. The summed E-state index contributed by atoms with van der Waals surface area (Å²) in [6, 6.07) is 3.49. The number of fused-ring (bicyclic) bond motifs is 1. The summed E-state index contributed by atoms with van der Waals surface area (Å²) in [5, 5.41) is 6.29. The minimum atomic E-state index is -0.300. The lowest BCUT2D eigenvalue weighted by atomic mass is 10.1. The van der Waals surface area contributed by atoms with E-state index in [0.29, 0.717) is 23.3 Å². The minimum absolute atomic E-state index is 0.191. The molecular formula is C19H26N4O2. The first-order chi connectivity index (χ1) is 12.1. The van der Waals surface area contributed by atoms with Gasteiger partial charge in [0.15, 0.2) is 0 Å². The third kappa shape index (κ3) is 4.00. The van der Waals surface area contributed by atoms with Gasteiger partial charge in [-0.3, -0.25) is 4.79 Å². The van der Waals surface area contributed by atoms with Crippen molar-refractivity contribution in [3.05, 3.63) is 34.2 Å². The second-order valence-electron chi connectivity index (χ2n) is 6.77. The Morgan fingerprint density at radius 2 is 1.96 bits per heavy atom. The number of aromatic nitrogens is 2. The number of anilines is 1. The normalized spacial score (nSPS) is 15.8. The van der Waals surface area contributed by atoms with Crippen LogP contribution in [-0.2, 0) is 6.54 Å². The monoisotopic (exact) mass is 342 g/mol. The van der Waals surface area contributed by atoms with Crippen molar-refractivity contribution in [1.29, 1.82) is 0 Å². The van der Waals surface area contributed by atoms with Crippen molar-refractivity contribution in [2.45, 2.75) is 65.0 Å². The van der Waals surface area contributed by atoms with E-state index in [1.807, 2.05) is 24.5 Å². The summed E-state index contributed by atoms with van der Waals surface area (Å²) in [6.45, 7) is 4.56. The van der Waals surface area contributed by atoms with Crippen LogP contribution in [0.2, 0.25) is 0 Å². The van der Waals surface area contributed by atoms with E-state index < -0.39 is 0 Å². The first-order valence-corrected chi connectivity index (χ1v) is 9.17. The number of rotatable bonds is 3. The molecule has 6 nitrogen and oxygen atoms in total. The molecule has 1 saturated carbocycles. The quantitative estimate of drug-likeness (QED) is 0.837. The Morgan fingerprint density at radius 1 is 1.24 bits per heavy atom. The van der Waals surface area contributed by atoms with Crippen molar-refractivity contribution >= 4 is 22.8 Å². The number of pyridine rings is 2. The molecule has 1 aliphatic carbocycles. The molecule has 2 amide bonds. The molecule has 25 heavy (non-hydrogen) atoms. The Bertz CT molecular complexity index is 820.